The number of rotatable bonds is 11. The van der Waals surface area contributed by atoms with Crippen LogP contribution < -0.4 is 10.2 Å². The number of hydrogen-bond acceptors (Lipinski definition) is 6. The van der Waals surface area contributed by atoms with Gasteiger partial charge in [-0.1, -0.05) is 13.3 Å². The number of nitrogens with zero attached hydrogens (tertiary/aromatic N) is 4. The third kappa shape index (κ3) is 8.16. The fraction of sp³-hybridized carbons (Fsp3) is 0.500. The minimum absolute atomic E-state index is 0.0198. The van der Waals surface area contributed by atoms with E-state index in [1.165, 1.54) is 0 Å². The number of hydrogen-bond donors (Lipinski definition) is 2. The van der Waals surface area contributed by atoms with Crippen molar-refractivity contribution < 1.29 is 16.1 Å². The molecule has 3 rings (SSSR count). The average Bonchev–Trinajstić information content (AvgIpc) is 2.94. The first-order chi connectivity index (χ1) is 17.9. The van der Waals surface area contributed by atoms with E-state index in [-0.39, 0.29) is 30.7 Å². The number of likely N-dealkylation sites (tertiary alicyclic amines) is 1. The van der Waals surface area contributed by atoms with Crippen LogP contribution in [0.15, 0.2) is 58.8 Å². The SMILES string of the molecule is [2H]CC1(CO)CCN(C(=O)CCCCCNC(=O)c2ccc(N=Nc3ccc(N(C)C)cc3)cc2)CC1. The molecule has 36 heavy (non-hydrogen) atoms. The van der Waals surface area contributed by atoms with Crippen LogP contribution in [0.5, 0.6) is 0 Å². The third-order valence-electron chi connectivity index (χ3n) is 6.64. The Morgan fingerprint density at radius 2 is 1.61 bits per heavy atom. The Hall–Kier alpha value is -3.26. The van der Waals surface area contributed by atoms with Crippen LogP contribution in [0.2, 0.25) is 0 Å². The Balaban J connectivity index is 1.32. The number of carbonyl (C=O) groups is 2. The number of unbranched alkanes of at least 4 members (excludes halogenated alkanes) is 2. The highest BCUT2D eigenvalue weighted by Crippen LogP contribution is 2.30. The monoisotopic (exact) mass is 494 g/mol. The summed E-state index contributed by atoms with van der Waals surface area (Å²) in [4.78, 5) is 28.7. The molecule has 1 fully saturated rings. The molecule has 0 spiro atoms. The second-order valence-corrected chi connectivity index (χ2v) is 9.76. The van der Waals surface area contributed by atoms with Gasteiger partial charge in [-0.2, -0.15) is 10.2 Å². The van der Waals surface area contributed by atoms with E-state index >= 15 is 0 Å². The quantitative estimate of drug-likeness (QED) is 0.336. The number of amides is 2. The molecule has 8 nitrogen and oxygen atoms in total. The van der Waals surface area contributed by atoms with Gasteiger partial charge in [-0.3, -0.25) is 9.59 Å². The van der Waals surface area contributed by atoms with Gasteiger partial charge in [0.15, 0.2) is 0 Å². The molecule has 0 aliphatic carbocycles. The Morgan fingerprint density at radius 1 is 1.00 bits per heavy atom. The first-order valence-electron chi connectivity index (χ1n) is 13.3. The van der Waals surface area contributed by atoms with Crippen LogP contribution >= 0.6 is 0 Å². The molecule has 0 aromatic heterocycles. The highest BCUT2D eigenvalue weighted by molar-refractivity contribution is 5.94. The molecule has 1 heterocycles. The van der Waals surface area contributed by atoms with Crippen LogP contribution in [0.3, 0.4) is 0 Å². The zero-order valence-electron chi connectivity index (χ0n) is 22.4. The summed E-state index contributed by atoms with van der Waals surface area (Å²) in [5, 5.41) is 21.0. The summed E-state index contributed by atoms with van der Waals surface area (Å²) in [6, 6.07) is 14.8. The largest absolute Gasteiger partial charge is 0.396 e. The zero-order chi connectivity index (χ0) is 26.7. The third-order valence-corrected chi connectivity index (χ3v) is 6.64. The smallest absolute Gasteiger partial charge is 0.251 e. The summed E-state index contributed by atoms with van der Waals surface area (Å²) in [5.41, 5.74) is 2.77. The van der Waals surface area contributed by atoms with Crippen molar-refractivity contribution in [3.63, 3.8) is 0 Å². The molecule has 0 atom stereocenters. The zero-order valence-corrected chi connectivity index (χ0v) is 21.4. The molecule has 0 saturated carbocycles. The summed E-state index contributed by atoms with van der Waals surface area (Å²) in [6.07, 6.45) is 4.34. The van der Waals surface area contributed by atoms with Crippen molar-refractivity contribution in [2.24, 2.45) is 15.6 Å². The van der Waals surface area contributed by atoms with Crippen molar-refractivity contribution in [2.45, 2.75) is 45.4 Å². The summed E-state index contributed by atoms with van der Waals surface area (Å²) >= 11 is 0. The van der Waals surface area contributed by atoms with E-state index in [1.54, 1.807) is 24.3 Å². The van der Waals surface area contributed by atoms with E-state index in [1.807, 2.05) is 48.2 Å². The summed E-state index contributed by atoms with van der Waals surface area (Å²) in [6.45, 7) is 2.03. The van der Waals surface area contributed by atoms with Crippen LogP contribution in [0.25, 0.3) is 0 Å². The van der Waals surface area contributed by atoms with Crippen LogP contribution in [-0.4, -0.2) is 62.2 Å². The maximum atomic E-state index is 12.4. The standard InChI is InChI=1S/C28H39N5O3/c1-28(21-34)16-19-33(20-17-28)26(35)7-5-4-6-18-29-27(36)22-8-10-23(11-9-22)30-31-24-12-14-25(15-13-24)32(2)3/h8-15,34H,4-7,16-21H2,1-3H3,(H,29,36)/i1D. The molecular formula is C28H39N5O3. The van der Waals surface area contributed by atoms with E-state index in [0.29, 0.717) is 50.1 Å². The molecule has 2 aromatic rings. The van der Waals surface area contributed by atoms with E-state index in [4.69, 9.17) is 1.37 Å². The number of azo groups is 1. The Kier molecular flexibility index (Phi) is 9.44. The predicted octanol–water partition coefficient (Wildman–Crippen LogP) is 5.08. The van der Waals surface area contributed by atoms with Gasteiger partial charge in [-0.05, 0) is 79.6 Å². The number of aliphatic hydroxyl groups is 1. The number of anilines is 1. The van der Waals surface area contributed by atoms with Crippen LogP contribution in [0.1, 0.15) is 57.2 Å². The first kappa shape index (κ1) is 25.8. The second-order valence-electron chi connectivity index (χ2n) is 9.76. The Labute approximate surface area is 215 Å². The fourth-order valence-electron chi connectivity index (χ4n) is 4.04. The molecular weight excluding hydrogens is 454 g/mol. The molecule has 0 bridgehead atoms. The van der Waals surface area contributed by atoms with Crippen molar-refractivity contribution in [1.82, 2.24) is 10.2 Å². The Bertz CT molecular complexity index is 1030. The van der Waals surface area contributed by atoms with Gasteiger partial charge in [0, 0.05) is 59.4 Å². The summed E-state index contributed by atoms with van der Waals surface area (Å²) in [7, 11) is 3.97. The van der Waals surface area contributed by atoms with Gasteiger partial charge in [0.1, 0.15) is 0 Å². The highest BCUT2D eigenvalue weighted by atomic mass is 16.3. The van der Waals surface area contributed by atoms with Crippen LogP contribution in [0, 0.1) is 5.41 Å². The number of piperidine rings is 1. The number of aliphatic hydroxyl groups excluding tert-OH is 1. The Morgan fingerprint density at radius 3 is 2.17 bits per heavy atom. The molecule has 1 aliphatic rings. The van der Waals surface area contributed by atoms with Crippen LogP contribution in [-0.2, 0) is 4.79 Å². The molecule has 194 valence electrons. The van der Waals surface area contributed by atoms with Gasteiger partial charge < -0.3 is 20.2 Å². The van der Waals surface area contributed by atoms with Crippen molar-refractivity contribution in [1.29, 1.82) is 0 Å². The minimum Gasteiger partial charge on any atom is -0.396 e. The lowest BCUT2D eigenvalue weighted by atomic mass is 9.81. The van der Waals surface area contributed by atoms with Crippen molar-refractivity contribution in [3.05, 3.63) is 54.1 Å². The van der Waals surface area contributed by atoms with Gasteiger partial charge in [0.2, 0.25) is 5.91 Å². The topological polar surface area (TPSA) is 97.6 Å². The summed E-state index contributed by atoms with van der Waals surface area (Å²) in [5.74, 6) is 0.0114. The normalized spacial score (nSPS) is 15.5. The lowest BCUT2D eigenvalue weighted by Gasteiger charge is -2.38. The van der Waals surface area contributed by atoms with Crippen LogP contribution in [0.4, 0.5) is 17.1 Å². The van der Waals surface area contributed by atoms with Crippen molar-refractivity contribution in [2.75, 3.05) is 45.2 Å². The molecule has 2 aromatic carbocycles. The maximum Gasteiger partial charge on any atom is 0.251 e. The lowest BCUT2D eigenvalue weighted by Crippen LogP contribution is -2.43. The van der Waals surface area contributed by atoms with Gasteiger partial charge in [-0.15, -0.1) is 0 Å². The maximum absolute atomic E-state index is 12.4. The molecule has 2 amide bonds. The minimum atomic E-state index is -0.335. The average molecular weight is 495 g/mol. The molecule has 8 heteroatoms. The van der Waals surface area contributed by atoms with Crippen molar-refractivity contribution >= 4 is 28.9 Å². The van der Waals surface area contributed by atoms with E-state index in [9.17, 15) is 14.7 Å². The molecule has 1 aliphatic heterocycles. The van der Waals surface area contributed by atoms with E-state index in [2.05, 4.69) is 15.5 Å². The number of nitrogens with one attached hydrogen (secondary N) is 1. The second kappa shape index (κ2) is 13.2. The van der Waals surface area contributed by atoms with E-state index < -0.39 is 0 Å². The number of carbonyl (C=O) groups excluding carboxylic acids is 2. The van der Waals surface area contributed by atoms with Gasteiger partial charge >= 0.3 is 0 Å². The summed E-state index contributed by atoms with van der Waals surface area (Å²) < 4.78 is 7.65. The van der Waals surface area contributed by atoms with Crippen molar-refractivity contribution in [3.8, 4) is 0 Å². The molecule has 1 saturated heterocycles. The molecule has 2 N–H and O–H groups in total. The van der Waals surface area contributed by atoms with E-state index in [0.717, 1.165) is 30.6 Å². The predicted molar refractivity (Wildman–Crippen MR) is 143 cm³/mol. The molecule has 0 radical (unpaired) electrons. The lowest BCUT2D eigenvalue weighted by molar-refractivity contribution is -0.134. The van der Waals surface area contributed by atoms with Gasteiger partial charge in [0.05, 0.1) is 11.4 Å². The number of benzene rings is 2. The first-order valence-corrected chi connectivity index (χ1v) is 12.6. The highest BCUT2D eigenvalue weighted by Gasteiger charge is 2.30. The van der Waals surface area contributed by atoms with Gasteiger partial charge in [0.25, 0.3) is 5.91 Å². The fourth-order valence-corrected chi connectivity index (χ4v) is 4.04. The molecule has 0 unspecified atom stereocenters. The van der Waals surface area contributed by atoms with Gasteiger partial charge in [-0.25, -0.2) is 0 Å².